The molecule has 3 heterocycles. The fourth-order valence-corrected chi connectivity index (χ4v) is 5.16. The smallest absolute Gasteiger partial charge is 0.249 e. The third kappa shape index (κ3) is 5.66. The molecule has 2 amide bonds. The summed E-state index contributed by atoms with van der Waals surface area (Å²) < 4.78 is 24.0. The number of hydrogen-bond acceptors (Lipinski definition) is 8. The van der Waals surface area contributed by atoms with Gasteiger partial charge in [0, 0.05) is 24.9 Å². The molecule has 41 heavy (non-hydrogen) atoms. The van der Waals surface area contributed by atoms with Crippen molar-refractivity contribution in [2.24, 2.45) is 0 Å². The van der Waals surface area contributed by atoms with Crippen LogP contribution in [0.1, 0.15) is 31.4 Å². The fourth-order valence-electron chi connectivity index (χ4n) is 5.16. The van der Waals surface area contributed by atoms with Crippen LogP contribution in [0.15, 0.2) is 66.7 Å². The first-order valence-electron chi connectivity index (χ1n) is 13.7. The first-order chi connectivity index (χ1) is 20.1. The number of carbonyl (C=O) groups excluding carboxylic acids is 2. The second-order valence-corrected chi connectivity index (χ2v) is 9.82. The molecule has 11 heteroatoms. The Hall–Kier alpha value is -4.64. The van der Waals surface area contributed by atoms with Crippen LogP contribution in [0.3, 0.4) is 0 Å². The van der Waals surface area contributed by atoms with Gasteiger partial charge in [-0.1, -0.05) is 29.5 Å². The lowest BCUT2D eigenvalue weighted by molar-refractivity contribution is -0.127. The molecule has 1 fully saturated rings. The Balaban J connectivity index is 1.40. The van der Waals surface area contributed by atoms with Gasteiger partial charge in [0.25, 0.3) is 0 Å². The minimum Gasteiger partial charge on any atom is -0.494 e. The van der Waals surface area contributed by atoms with Crippen LogP contribution in [0.2, 0.25) is 0 Å². The molecule has 1 saturated heterocycles. The summed E-state index contributed by atoms with van der Waals surface area (Å²) in [4.78, 5) is 29.7. The van der Waals surface area contributed by atoms with E-state index in [1.807, 2.05) is 31.2 Å². The van der Waals surface area contributed by atoms with E-state index in [-0.39, 0.29) is 31.3 Å². The number of rotatable bonds is 10. The SMILES string of the molecule is CCOc1ccc(C(C(=O)NCC2CCCO2)N(C(=O)Cn2nnc3ccccc32)c2ccc3c(c2)OCO3)cc1. The summed E-state index contributed by atoms with van der Waals surface area (Å²) in [6.07, 6.45) is 1.77. The van der Waals surface area contributed by atoms with Crippen molar-refractivity contribution in [2.75, 3.05) is 31.5 Å². The minimum absolute atomic E-state index is 0.0591. The van der Waals surface area contributed by atoms with Crippen molar-refractivity contribution in [3.63, 3.8) is 0 Å². The van der Waals surface area contributed by atoms with E-state index in [9.17, 15) is 9.59 Å². The fraction of sp³-hybridized carbons (Fsp3) is 0.333. The molecule has 0 saturated carbocycles. The number of fused-ring (bicyclic) bond motifs is 2. The van der Waals surface area contributed by atoms with E-state index in [0.29, 0.717) is 59.3 Å². The molecule has 1 aromatic heterocycles. The van der Waals surface area contributed by atoms with Crippen molar-refractivity contribution in [1.29, 1.82) is 0 Å². The highest BCUT2D eigenvalue weighted by atomic mass is 16.7. The van der Waals surface area contributed by atoms with Gasteiger partial charge in [-0.15, -0.1) is 5.10 Å². The normalized spacial score (nSPS) is 16.5. The maximum atomic E-state index is 14.2. The maximum absolute atomic E-state index is 14.2. The summed E-state index contributed by atoms with van der Waals surface area (Å²) in [5.74, 6) is 1.05. The minimum atomic E-state index is -1.00. The third-order valence-corrected chi connectivity index (χ3v) is 7.15. The molecule has 0 radical (unpaired) electrons. The molecule has 6 rings (SSSR count). The average molecular weight is 558 g/mol. The van der Waals surface area contributed by atoms with Crippen molar-refractivity contribution in [3.8, 4) is 17.2 Å². The Morgan fingerprint density at radius 1 is 1.10 bits per heavy atom. The number of aromatic nitrogens is 3. The number of carbonyl (C=O) groups is 2. The van der Waals surface area contributed by atoms with Gasteiger partial charge >= 0.3 is 0 Å². The summed E-state index contributed by atoms with van der Waals surface area (Å²) in [6, 6.07) is 18.8. The number of benzene rings is 3. The lowest BCUT2D eigenvalue weighted by Gasteiger charge is -2.32. The number of nitrogens with one attached hydrogen (secondary N) is 1. The van der Waals surface area contributed by atoms with Crippen LogP contribution in [-0.4, -0.2) is 59.5 Å². The molecule has 0 aliphatic carbocycles. The molecule has 2 aliphatic heterocycles. The van der Waals surface area contributed by atoms with Gasteiger partial charge < -0.3 is 24.3 Å². The van der Waals surface area contributed by atoms with Crippen LogP contribution < -0.4 is 24.4 Å². The largest absolute Gasteiger partial charge is 0.494 e. The quantitative estimate of drug-likeness (QED) is 0.314. The van der Waals surface area contributed by atoms with E-state index in [1.165, 1.54) is 9.58 Å². The average Bonchev–Trinajstić information content (AvgIpc) is 3.77. The van der Waals surface area contributed by atoms with Crippen molar-refractivity contribution in [3.05, 3.63) is 72.3 Å². The molecule has 3 aromatic carbocycles. The van der Waals surface area contributed by atoms with Crippen molar-refractivity contribution in [2.45, 2.75) is 38.5 Å². The summed E-state index contributed by atoms with van der Waals surface area (Å²) >= 11 is 0. The monoisotopic (exact) mass is 557 g/mol. The Kier molecular flexibility index (Phi) is 7.68. The zero-order valence-corrected chi connectivity index (χ0v) is 22.7. The number of ether oxygens (including phenoxy) is 4. The molecule has 1 N–H and O–H groups in total. The van der Waals surface area contributed by atoms with Crippen LogP contribution in [0.5, 0.6) is 17.2 Å². The van der Waals surface area contributed by atoms with E-state index in [4.69, 9.17) is 18.9 Å². The first kappa shape index (κ1) is 26.6. The molecule has 2 atom stereocenters. The highest BCUT2D eigenvalue weighted by molar-refractivity contribution is 6.01. The Morgan fingerprint density at radius 3 is 2.73 bits per heavy atom. The van der Waals surface area contributed by atoms with Gasteiger partial charge in [-0.25, -0.2) is 4.68 Å². The van der Waals surface area contributed by atoms with Crippen LogP contribution in [0.4, 0.5) is 5.69 Å². The molecule has 11 nitrogen and oxygen atoms in total. The van der Waals surface area contributed by atoms with Crippen LogP contribution in [0, 0.1) is 0 Å². The van der Waals surface area contributed by atoms with Crippen molar-refractivity contribution < 1.29 is 28.5 Å². The molecular weight excluding hydrogens is 526 g/mol. The Bertz CT molecular complexity index is 1530. The summed E-state index contributed by atoms with van der Waals surface area (Å²) in [5.41, 5.74) is 2.49. The highest BCUT2D eigenvalue weighted by Gasteiger charge is 2.35. The molecule has 4 aromatic rings. The summed E-state index contributed by atoms with van der Waals surface area (Å²) in [5, 5.41) is 11.4. The van der Waals surface area contributed by atoms with Gasteiger partial charge in [0.1, 0.15) is 23.9 Å². The maximum Gasteiger partial charge on any atom is 0.249 e. The molecule has 212 valence electrons. The second-order valence-electron chi connectivity index (χ2n) is 9.82. The summed E-state index contributed by atoms with van der Waals surface area (Å²) in [6.45, 7) is 3.39. The molecule has 0 bridgehead atoms. The number of hydrogen-bond donors (Lipinski definition) is 1. The van der Waals surface area contributed by atoms with Crippen LogP contribution in [-0.2, 0) is 20.9 Å². The van der Waals surface area contributed by atoms with Gasteiger partial charge in [0.2, 0.25) is 18.6 Å². The molecule has 2 aliphatic rings. The predicted octanol–water partition coefficient (Wildman–Crippen LogP) is 3.63. The van der Waals surface area contributed by atoms with E-state index in [2.05, 4.69) is 15.6 Å². The predicted molar refractivity (Wildman–Crippen MR) is 150 cm³/mol. The Morgan fingerprint density at radius 2 is 1.93 bits per heavy atom. The topological polar surface area (TPSA) is 117 Å². The van der Waals surface area contributed by atoms with Gasteiger partial charge in [-0.05, 0) is 61.7 Å². The van der Waals surface area contributed by atoms with Gasteiger partial charge in [0.15, 0.2) is 11.5 Å². The van der Waals surface area contributed by atoms with Gasteiger partial charge in [-0.3, -0.25) is 14.5 Å². The van der Waals surface area contributed by atoms with Gasteiger partial charge in [0.05, 0.1) is 18.2 Å². The number of nitrogens with zero attached hydrogens (tertiary/aromatic N) is 4. The van der Waals surface area contributed by atoms with E-state index in [0.717, 1.165) is 12.8 Å². The number of amides is 2. The standard InChI is InChI=1S/C30H31N5O6/c1-2-38-22-12-9-20(10-13-22)29(30(37)31-17-23-6-5-15-39-23)35(21-11-14-26-27(16-21)41-19-40-26)28(36)18-34-25-8-4-3-7-24(25)32-33-34/h3-4,7-14,16,23,29H,2,5-6,15,17-19H2,1H3,(H,31,37). The number of anilines is 1. The van der Waals surface area contributed by atoms with Crippen LogP contribution >= 0.6 is 0 Å². The first-order valence-corrected chi connectivity index (χ1v) is 13.7. The van der Waals surface area contributed by atoms with Gasteiger partial charge in [-0.2, -0.15) is 0 Å². The lowest BCUT2D eigenvalue weighted by atomic mass is 10.0. The lowest BCUT2D eigenvalue weighted by Crippen LogP contribution is -2.46. The Labute approximate surface area is 236 Å². The van der Waals surface area contributed by atoms with Crippen molar-refractivity contribution >= 4 is 28.5 Å². The summed E-state index contributed by atoms with van der Waals surface area (Å²) in [7, 11) is 0. The van der Waals surface area contributed by atoms with Crippen LogP contribution in [0.25, 0.3) is 11.0 Å². The molecule has 0 spiro atoms. The number of para-hydroxylation sites is 1. The third-order valence-electron chi connectivity index (χ3n) is 7.15. The van der Waals surface area contributed by atoms with Crippen molar-refractivity contribution in [1.82, 2.24) is 20.3 Å². The molecule has 2 unspecified atom stereocenters. The van der Waals surface area contributed by atoms with E-state index >= 15 is 0 Å². The highest BCUT2D eigenvalue weighted by Crippen LogP contribution is 2.38. The zero-order valence-electron chi connectivity index (χ0n) is 22.7. The van der Waals surface area contributed by atoms with E-state index < -0.39 is 6.04 Å². The second kappa shape index (κ2) is 11.8. The van der Waals surface area contributed by atoms with E-state index in [1.54, 1.807) is 42.5 Å². The molecular formula is C30H31N5O6. The zero-order chi connectivity index (χ0) is 28.2.